The first-order valence-electron chi connectivity index (χ1n) is 13.6. The Morgan fingerprint density at radius 3 is 2.43 bits per heavy atom. The van der Waals surface area contributed by atoms with Gasteiger partial charge in [-0.2, -0.15) is 0 Å². The smallest absolute Gasteiger partial charge is 0.308 e. The highest BCUT2D eigenvalue weighted by atomic mass is 35.5. The molecule has 10 nitrogen and oxygen atoms in total. The van der Waals surface area contributed by atoms with Gasteiger partial charge in [-0.3, -0.25) is 23.7 Å². The Bertz CT molecular complexity index is 1820. The molecule has 2 aliphatic rings. The van der Waals surface area contributed by atoms with Crippen LogP contribution in [-0.4, -0.2) is 46.4 Å². The summed E-state index contributed by atoms with van der Waals surface area (Å²) in [6.07, 6.45) is 0. The van der Waals surface area contributed by atoms with Gasteiger partial charge in [-0.25, -0.2) is 4.90 Å². The van der Waals surface area contributed by atoms with Gasteiger partial charge < -0.3 is 19.9 Å². The zero-order valence-electron chi connectivity index (χ0n) is 23.5. The van der Waals surface area contributed by atoms with Crippen LogP contribution in [-0.2, 0) is 20.9 Å². The number of nitrogens with zero attached hydrogens (tertiary/aromatic N) is 2. The number of hydrogen-bond acceptors (Lipinski definition) is 9. The Balaban J connectivity index is 1.41. The summed E-state index contributed by atoms with van der Waals surface area (Å²) in [6.45, 7) is 1.78. The number of benzene rings is 3. The summed E-state index contributed by atoms with van der Waals surface area (Å²) in [7, 11) is 1.54. The monoisotopic (exact) mass is 651 g/mol. The van der Waals surface area contributed by atoms with Crippen LogP contribution in [0.4, 0.5) is 11.4 Å². The van der Waals surface area contributed by atoms with Crippen molar-refractivity contribution in [3.05, 3.63) is 91.9 Å². The van der Waals surface area contributed by atoms with Crippen LogP contribution in [0, 0.1) is 5.92 Å². The van der Waals surface area contributed by atoms with Gasteiger partial charge in [0.05, 0.1) is 30.3 Å². The molecule has 4 aromatic rings. The van der Waals surface area contributed by atoms with Crippen molar-refractivity contribution in [2.75, 3.05) is 23.9 Å². The van der Waals surface area contributed by atoms with E-state index in [2.05, 4.69) is 5.32 Å². The summed E-state index contributed by atoms with van der Waals surface area (Å²) >= 11 is 8.11. The van der Waals surface area contributed by atoms with E-state index in [9.17, 15) is 24.3 Å². The second-order valence-electron chi connectivity index (χ2n) is 10.1. The first kappa shape index (κ1) is 29.8. The molecule has 226 valence electrons. The largest absolute Gasteiger partial charge is 0.504 e. The van der Waals surface area contributed by atoms with Gasteiger partial charge in [0.15, 0.2) is 11.5 Å². The van der Waals surface area contributed by atoms with Gasteiger partial charge in [-0.15, -0.1) is 0 Å². The van der Waals surface area contributed by atoms with Gasteiger partial charge in [0.1, 0.15) is 17.5 Å². The lowest BCUT2D eigenvalue weighted by molar-refractivity contribution is -0.122. The van der Waals surface area contributed by atoms with E-state index in [1.165, 1.54) is 10.6 Å². The second kappa shape index (κ2) is 12.0. The molecule has 0 radical (unpaired) electrons. The highest BCUT2D eigenvalue weighted by Crippen LogP contribution is 2.54. The molecule has 2 aliphatic heterocycles. The second-order valence-corrected chi connectivity index (χ2v) is 12.7. The molecule has 2 N–H and O–H groups in total. The summed E-state index contributed by atoms with van der Waals surface area (Å²) < 4.78 is 12.1. The lowest BCUT2D eigenvalue weighted by Gasteiger charge is -2.31. The molecule has 44 heavy (non-hydrogen) atoms. The lowest BCUT2D eigenvalue weighted by atomic mass is 9.83. The molecule has 1 aromatic heterocycles. The zero-order valence-corrected chi connectivity index (χ0v) is 25.9. The molecular weight excluding hydrogens is 626 g/mol. The molecule has 1 saturated heterocycles. The van der Waals surface area contributed by atoms with E-state index < -0.39 is 39.7 Å². The highest BCUT2D eigenvalue weighted by Gasteiger charge is 2.57. The Morgan fingerprint density at radius 2 is 1.75 bits per heavy atom. The van der Waals surface area contributed by atoms with Crippen molar-refractivity contribution in [2.45, 2.75) is 29.7 Å². The minimum atomic E-state index is -0.870. The third-order valence-corrected chi connectivity index (χ3v) is 10.3. The number of methoxy groups -OCH3 is 1. The predicted octanol–water partition coefficient (Wildman–Crippen LogP) is 5.11. The Labute approximate surface area is 265 Å². The first-order chi connectivity index (χ1) is 21.2. The summed E-state index contributed by atoms with van der Waals surface area (Å²) in [5, 5.41) is 13.2. The third kappa shape index (κ3) is 5.33. The van der Waals surface area contributed by atoms with Crippen molar-refractivity contribution in [3.8, 4) is 17.2 Å². The maximum absolute atomic E-state index is 14.0. The van der Waals surface area contributed by atoms with E-state index in [0.717, 1.165) is 28.0 Å². The van der Waals surface area contributed by atoms with E-state index in [-0.39, 0.29) is 18.0 Å². The van der Waals surface area contributed by atoms with Crippen LogP contribution in [0.5, 0.6) is 17.2 Å². The number of thiazole rings is 1. The number of phenolic OH excluding ortho intramolecular Hbond substituents is 1. The molecule has 0 spiro atoms. The third-order valence-electron chi connectivity index (χ3n) is 7.45. The Morgan fingerprint density at radius 1 is 1.02 bits per heavy atom. The molecule has 13 heteroatoms. The summed E-state index contributed by atoms with van der Waals surface area (Å²) in [6, 6.07) is 18.0. The zero-order chi connectivity index (χ0) is 31.1. The number of amides is 3. The van der Waals surface area contributed by atoms with Crippen molar-refractivity contribution < 1.29 is 29.0 Å². The summed E-state index contributed by atoms with van der Waals surface area (Å²) in [5.74, 6) is -2.07. The normalized spacial score (nSPS) is 19.0. The number of carbonyl (C=O) groups is 3. The van der Waals surface area contributed by atoms with Crippen LogP contribution in [0.25, 0.3) is 0 Å². The number of aromatic nitrogens is 1. The molecule has 0 bridgehead atoms. The fraction of sp³-hybridized carbons (Fsp3) is 0.226. The van der Waals surface area contributed by atoms with Gasteiger partial charge in [0, 0.05) is 21.5 Å². The number of phenols is 1. The molecule has 3 aromatic carbocycles. The minimum absolute atomic E-state index is 0.0739. The average molecular weight is 652 g/mol. The molecule has 1 fully saturated rings. The van der Waals surface area contributed by atoms with E-state index in [4.69, 9.17) is 21.1 Å². The van der Waals surface area contributed by atoms with E-state index >= 15 is 0 Å². The van der Waals surface area contributed by atoms with Gasteiger partial charge in [-0.1, -0.05) is 40.8 Å². The number of nitrogens with one attached hydrogen (secondary N) is 1. The van der Waals surface area contributed by atoms with Gasteiger partial charge in [0.2, 0.25) is 17.7 Å². The standard InChI is InChI=1S/C31H26ClN3O7S2/c1-3-42-22-14-16(4-13-21(22)36)24-25-26(29(39)35(28(25)38)19-9-5-17(32)6-10-19)43-30-27(24)44-31(40)34(30)15-23(37)33-18-7-11-20(41-2)12-8-18/h4-14,24-26,36H,3,15H2,1-2H3,(H,33,37)/t24-,25+,26-/m0/s1. The Kier molecular flexibility index (Phi) is 8.14. The van der Waals surface area contributed by atoms with Crippen molar-refractivity contribution in [1.82, 2.24) is 4.57 Å². The summed E-state index contributed by atoms with van der Waals surface area (Å²) in [5.41, 5.74) is 1.51. The maximum Gasteiger partial charge on any atom is 0.308 e. The van der Waals surface area contributed by atoms with Crippen molar-refractivity contribution in [1.29, 1.82) is 0 Å². The average Bonchev–Trinajstić information content (AvgIpc) is 3.45. The number of anilines is 2. The van der Waals surface area contributed by atoms with Crippen LogP contribution in [0.2, 0.25) is 5.02 Å². The number of fused-ring (bicyclic) bond motifs is 2. The molecule has 3 atom stereocenters. The molecule has 0 aliphatic carbocycles. The quantitative estimate of drug-likeness (QED) is 0.252. The van der Waals surface area contributed by atoms with Gasteiger partial charge in [-0.05, 0) is 73.2 Å². The number of imide groups is 1. The van der Waals surface area contributed by atoms with E-state index in [1.54, 1.807) is 74.7 Å². The fourth-order valence-corrected chi connectivity index (χ4v) is 8.37. The molecule has 3 heterocycles. The summed E-state index contributed by atoms with van der Waals surface area (Å²) in [4.78, 5) is 55.8. The van der Waals surface area contributed by atoms with Crippen LogP contribution >= 0.6 is 34.7 Å². The topological polar surface area (TPSA) is 127 Å². The number of ether oxygens (including phenoxy) is 2. The number of thioether (sulfide) groups is 1. The van der Waals surface area contributed by atoms with E-state index in [0.29, 0.717) is 44.2 Å². The molecule has 0 saturated carbocycles. The number of carbonyl (C=O) groups excluding carboxylic acids is 3. The first-order valence-corrected chi connectivity index (χ1v) is 15.7. The van der Waals surface area contributed by atoms with Crippen molar-refractivity contribution in [3.63, 3.8) is 0 Å². The van der Waals surface area contributed by atoms with Gasteiger partial charge >= 0.3 is 4.87 Å². The molecule has 6 rings (SSSR count). The van der Waals surface area contributed by atoms with E-state index in [1.807, 2.05) is 0 Å². The van der Waals surface area contributed by atoms with Crippen LogP contribution in [0.3, 0.4) is 0 Å². The SMILES string of the molecule is CCOc1cc([C@@H]2c3sc(=O)n(CC(=O)Nc4ccc(OC)cc4)c3S[C@@H]3C(=O)N(c4ccc(Cl)cc4)C(=O)[C@H]23)ccc1O. The number of rotatable bonds is 8. The molecular formula is C31H26ClN3O7S2. The minimum Gasteiger partial charge on any atom is -0.504 e. The Hall–Kier alpha value is -4.26. The lowest BCUT2D eigenvalue weighted by Crippen LogP contribution is -2.33. The molecule has 3 amide bonds. The fourth-order valence-electron chi connectivity index (χ4n) is 5.47. The van der Waals surface area contributed by atoms with Crippen molar-refractivity contribution in [2.24, 2.45) is 5.92 Å². The van der Waals surface area contributed by atoms with Crippen LogP contribution in [0.15, 0.2) is 76.6 Å². The number of halogens is 1. The highest BCUT2D eigenvalue weighted by molar-refractivity contribution is 8.00. The van der Waals surface area contributed by atoms with Gasteiger partial charge in [0.25, 0.3) is 0 Å². The number of hydrogen-bond donors (Lipinski definition) is 2. The van der Waals surface area contributed by atoms with Crippen molar-refractivity contribution >= 4 is 63.8 Å². The van der Waals surface area contributed by atoms with Crippen LogP contribution < -0.4 is 24.6 Å². The number of aromatic hydroxyl groups is 1. The van der Waals surface area contributed by atoms with Crippen LogP contribution in [0.1, 0.15) is 23.3 Å². The molecule has 0 unspecified atom stereocenters. The maximum atomic E-state index is 14.0. The predicted molar refractivity (Wildman–Crippen MR) is 168 cm³/mol.